The Hall–Kier alpha value is -2.11. The van der Waals surface area contributed by atoms with Crippen LogP contribution < -0.4 is 14.8 Å². The Morgan fingerprint density at radius 3 is 2.47 bits per heavy atom. The predicted octanol–water partition coefficient (Wildman–Crippen LogP) is 1.61. The maximum Gasteiger partial charge on any atom is 0.221 e. The van der Waals surface area contributed by atoms with Gasteiger partial charge in [0.15, 0.2) is 23.6 Å². The van der Waals surface area contributed by atoms with Gasteiger partial charge in [0.25, 0.3) is 0 Å². The van der Waals surface area contributed by atoms with Gasteiger partial charge >= 0.3 is 0 Å². The van der Waals surface area contributed by atoms with E-state index < -0.39 is 11.7 Å². The minimum Gasteiger partial charge on any atom is -0.493 e. The Kier molecular flexibility index (Phi) is 4.03. The number of halogens is 1. The molecule has 0 unspecified atom stereocenters. The zero-order valence-electron chi connectivity index (χ0n) is 9.67. The van der Waals surface area contributed by atoms with E-state index in [2.05, 4.69) is 5.32 Å². The Balaban J connectivity index is 3.48. The molecule has 0 heterocycles. The number of anilines is 1. The van der Waals surface area contributed by atoms with Gasteiger partial charge in [-0.1, -0.05) is 0 Å². The summed E-state index contributed by atoms with van der Waals surface area (Å²) >= 11 is 0. The Morgan fingerprint density at radius 1 is 1.41 bits per heavy atom. The number of methoxy groups -OCH3 is 2. The zero-order chi connectivity index (χ0) is 13.0. The van der Waals surface area contributed by atoms with E-state index in [1.54, 1.807) is 0 Å². The lowest BCUT2D eigenvalue weighted by molar-refractivity contribution is -0.114. The van der Waals surface area contributed by atoms with Crippen LogP contribution in [0.5, 0.6) is 11.5 Å². The van der Waals surface area contributed by atoms with Gasteiger partial charge in [-0.25, -0.2) is 4.39 Å². The van der Waals surface area contributed by atoms with Crippen LogP contribution in [0.2, 0.25) is 0 Å². The van der Waals surface area contributed by atoms with Crippen molar-refractivity contribution in [1.29, 1.82) is 0 Å². The van der Waals surface area contributed by atoms with Crippen LogP contribution in [0.4, 0.5) is 10.1 Å². The van der Waals surface area contributed by atoms with Gasteiger partial charge in [0.05, 0.1) is 25.5 Å². The van der Waals surface area contributed by atoms with Crippen LogP contribution in [0.25, 0.3) is 0 Å². The topological polar surface area (TPSA) is 64.6 Å². The first-order chi connectivity index (χ1) is 8.04. The molecule has 0 aliphatic carbocycles. The van der Waals surface area contributed by atoms with E-state index in [1.165, 1.54) is 21.1 Å². The average Bonchev–Trinajstić information content (AvgIpc) is 2.30. The number of carbonyl (C=O) groups is 2. The molecular formula is C11H12FNO4. The molecule has 0 radical (unpaired) electrons. The van der Waals surface area contributed by atoms with Crippen LogP contribution in [0.3, 0.4) is 0 Å². The van der Waals surface area contributed by atoms with Gasteiger partial charge in [-0.2, -0.15) is 0 Å². The SMILES string of the molecule is COc1cc(F)c(NC(C)=O)c(C=O)c1OC. The van der Waals surface area contributed by atoms with Crippen molar-refractivity contribution in [3.63, 3.8) is 0 Å². The molecule has 0 aliphatic rings. The van der Waals surface area contributed by atoms with E-state index in [1.807, 2.05) is 0 Å². The highest BCUT2D eigenvalue weighted by molar-refractivity contribution is 5.98. The molecule has 0 atom stereocenters. The van der Waals surface area contributed by atoms with Crippen molar-refractivity contribution in [3.8, 4) is 11.5 Å². The number of amides is 1. The molecule has 0 fully saturated rings. The first-order valence-electron chi connectivity index (χ1n) is 4.72. The second-order valence-electron chi connectivity index (χ2n) is 3.18. The lowest BCUT2D eigenvalue weighted by Crippen LogP contribution is -2.11. The summed E-state index contributed by atoms with van der Waals surface area (Å²) in [6.45, 7) is 1.21. The van der Waals surface area contributed by atoms with Crippen molar-refractivity contribution in [2.45, 2.75) is 6.92 Å². The van der Waals surface area contributed by atoms with E-state index in [-0.39, 0.29) is 22.7 Å². The summed E-state index contributed by atoms with van der Waals surface area (Å²) in [4.78, 5) is 21.9. The molecule has 1 rings (SSSR count). The first-order valence-corrected chi connectivity index (χ1v) is 4.72. The molecule has 17 heavy (non-hydrogen) atoms. The second-order valence-corrected chi connectivity index (χ2v) is 3.18. The molecule has 0 bridgehead atoms. The minimum atomic E-state index is -0.764. The highest BCUT2D eigenvalue weighted by atomic mass is 19.1. The van der Waals surface area contributed by atoms with Crippen molar-refractivity contribution >= 4 is 17.9 Å². The van der Waals surface area contributed by atoms with Crippen LogP contribution in [0.1, 0.15) is 17.3 Å². The Morgan fingerprint density at radius 2 is 2.06 bits per heavy atom. The van der Waals surface area contributed by atoms with Crippen LogP contribution in [-0.4, -0.2) is 26.4 Å². The molecule has 5 nitrogen and oxygen atoms in total. The maximum absolute atomic E-state index is 13.7. The number of carbonyl (C=O) groups excluding carboxylic acids is 2. The molecule has 1 aromatic rings. The highest BCUT2D eigenvalue weighted by Gasteiger charge is 2.20. The maximum atomic E-state index is 13.7. The molecule has 0 aliphatic heterocycles. The normalized spacial score (nSPS) is 9.65. The number of nitrogens with one attached hydrogen (secondary N) is 1. The summed E-state index contributed by atoms with van der Waals surface area (Å²) in [6.07, 6.45) is 0.399. The largest absolute Gasteiger partial charge is 0.493 e. The van der Waals surface area contributed by atoms with E-state index >= 15 is 0 Å². The molecule has 0 aromatic heterocycles. The van der Waals surface area contributed by atoms with E-state index in [0.717, 1.165) is 6.07 Å². The Labute approximate surface area is 97.5 Å². The quantitative estimate of drug-likeness (QED) is 0.813. The third-order valence-corrected chi connectivity index (χ3v) is 2.08. The summed E-state index contributed by atoms with van der Waals surface area (Å²) in [7, 11) is 2.64. The number of aldehydes is 1. The van der Waals surface area contributed by atoms with Gasteiger partial charge in [-0.05, 0) is 0 Å². The number of benzene rings is 1. The van der Waals surface area contributed by atoms with Gasteiger partial charge in [-0.3, -0.25) is 9.59 Å². The van der Waals surface area contributed by atoms with Gasteiger partial charge < -0.3 is 14.8 Å². The van der Waals surface area contributed by atoms with E-state index in [9.17, 15) is 14.0 Å². The minimum absolute atomic E-state index is 0.0765. The summed E-state index contributed by atoms with van der Waals surface area (Å²) in [5.41, 5.74) is -0.315. The fraction of sp³-hybridized carbons (Fsp3) is 0.273. The smallest absolute Gasteiger partial charge is 0.221 e. The van der Waals surface area contributed by atoms with Crippen molar-refractivity contribution in [1.82, 2.24) is 0 Å². The fourth-order valence-corrected chi connectivity index (χ4v) is 1.41. The summed E-state index contributed by atoms with van der Waals surface area (Å²) < 4.78 is 23.5. The van der Waals surface area contributed by atoms with E-state index in [4.69, 9.17) is 9.47 Å². The van der Waals surface area contributed by atoms with E-state index in [0.29, 0.717) is 6.29 Å². The third kappa shape index (κ3) is 2.52. The molecular weight excluding hydrogens is 229 g/mol. The predicted molar refractivity (Wildman–Crippen MR) is 59.2 cm³/mol. The van der Waals surface area contributed by atoms with Gasteiger partial charge in [0, 0.05) is 13.0 Å². The summed E-state index contributed by atoms with van der Waals surface area (Å²) in [5.74, 6) is -1.09. The number of hydrogen-bond acceptors (Lipinski definition) is 4. The molecule has 1 aromatic carbocycles. The van der Waals surface area contributed by atoms with Crippen molar-refractivity contribution < 1.29 is 23.5 Å². The molecule has 0 saturated heterocycles. The monoisotopic (exact) mass is 241 g/mol. The van der Waals surface area contributed by atoms with Crippen molar-refractivity contribution in [3.05, 3.63) is 17.4 Å². The van der Waals surface area contributed by atoms with Crippen LogP contribution in [0, 0.1) is 5.82 Å². The standard InChI is InChI=1S/C11H12FNO4/c1-6(15)13-10-7(5-14)11(17-3)9(16-2)4-8(10)12/h4-5H,1-3H3,(H,13,15). The number of ether oxygens (including phenoxy) is 2. The first kappa shape index (κ1) is 13.0. The second kappa shape index (κ2) is 5.29. The molecule has 1 amide bonds. The molecule has 92 valence electrons. The molecule has 1 N–H and O–H groups in total. The van der Waals surface area contributed by atoms with Gasteiger partial charge in [0.2, 0.25) is 5.91 Å². The van der Waals surface area contributed by atoms with Gasteiger partial charge in [0.1, 0.15) is 0 Å². The van der Waals surface area contributed by atoms with Crippen LogP contribution >= 0.6 is 0 Å². The van der Waals surface area contributed by atoms with Gasteiger partial charge in [-0.15, -0.1) is 0 Å². The third-order valence-electron chi connectivity index (χ3n) is 2.08. The molecule has 0 saturated carbocycles. The lowest BCUT2D eigenvalue weighted by atomic mass is 10.1. The summed E-state index contributed by atoms with van der Waals surface area (Å²) in [6, 6.07) is 1.04. The van der Waals surface area contributed by atoms with Crippen LogP contribution in [0.15, 0.2) is 6.07 Å². The van der Waals surface area contributed by atoms with Crippen molar-refractivity contribution in [2.75, 3.05) is 19.5 Å². The zero-order valence-corrected chi connectivity index (χ0v) is 9.67. The molecule has 6 heteroatoms. The molecule has 0 spiro atoms. The number of hydrogen-bond donors (Lipinski definition) is 1. The lowest BCUT2D eigenvalue weighted by Gasteiger charge is -2.14. The van der Waals surface area contributed by atoms with Crippen LogP contribution in [-0.2, 0) is 4.79 Å². The van der Waals surface area contributed by atoms with Crippen molar-refractivity contribution in [2.24, 2.45) is 0 Å². The Bertz CT molecular complexity index is 459. The fourth-order valence-electron chi connectivity index (χ4n) is 1.41. The summed E-state index contributed by atoms with van der Waals surface area (Å²) in [5, 5.41) is 2.24. The average molecular weight is 241 g/mol. The number of rotatable bonds is 4. The highest BCUT2D eigenvalue weighted by Crippen LogP contribution is 2.37.